The number of ether oxygens (including phenoxy) is 2. The van der Waals surface area contributed by atoms with E-state index in [0.29, 0.717) is 71.5 Å². The van der Waals surface area contributed by atoms with Gasteiger partial charge in [-0.3, -0.25) is 13.9 Å². The molecule has 0 aliphatic carbocycles. The molecular formula is C29H30F2N6O5S. The summed E-state index contributed by atoms with van der Waals surface area (Å²) in [6.45, 7) is 2.69. The number of hydrogen-bond acceptors (Lipinski definition) is 9. The second-order valence-corrected chi connectivity index (χ2v) is 11.6. The van der Waals surface area contributed by atoms with Gasteiger partial charge >= 0.3 is 0 Å². The molecule has 1 amide bonds. The molecule has 1 saturated heterocycles. The molecule has 2 aromatic carbocycles. The average Bonchev–Trinajstić information content (AvgIpc) is 3.00. The van der Waals surface area contributed by atoms with E-state index in [0.717, 1.165) is 0 Å². The van der Waals surface area contributed by atoms with Crippen LogP contribution in [-0.2, 0) is 19.6 Å². The zero-order chi connectivity index (χ0) is 30.6. The largest absolute Gasteiger partial charge is 0.494 e. The summed E-state index contributed by atoms with van der Waals surface area (Å²) in [5.74, 6) is 0.196. The molecule has 0 unspecified atom stereocenters. The Morgan fingerprint density at radius 3 is 2.58 bits per heavy atom. The Morgan fingerprint density at radius 2 is 1.91 bits per heavy atom. The van der Waals surface area contributed by atoms with Gasteiger partial charge in [0.15, 0.2) is 11.6 Å². The van der Waals surface area contributed by atoms with Crippen LogP contribution in [0.5, 0.6) is 5.75 Å². The second kappa shape index (κ2) is 12.8. The molecule has 5 rings (SSSR count). The van der Waals surface area contributed by atoms with Gasteiger partial charge in [0.25, 0.3) is 0 Å². The van der Waals surface area contributed by atoms with Crippen LogP contribution in [0.15, 0.2) is 48.7 Å². The number of aromatic nitrogens is 3. The van der Waals surface area contributed by atoms with Gasteiger partial charge in [-0.15, -0.1) is 0 Å². The van der Waals surface area contributed by atoms with Crippen LogP contribution in [0, 0.1) is 5.82 Å². The highest BCUT2D eigenvalue weighted by molar-refractivity contribution is 7.92. The summed E-state index contributed by atoms with van der Waals surface area (Å²) < 4.78 is 66.5. The summed E-state index contributed by atoms with van der Waals surface area (Å²) in [5, 5.41) is 3.22. The number of hydrogen-bond donors (Lipinski definition) is 2. The number of carbonyl (C=O) groups is 1. The molecule has 2 N–H and O–H groups in total. The maximum Gasteiger partial charge on any atom is 0.232 e. The van der Waals surface area contributed by atoms with Gasteiger partial charge in [-0.2, -0.15) is 0 Å². The third-order valence-corrected chi connectivity index (χ3v) is 8.08. The van der Waals surface area contributed by atoms with Gasteiger partial charge in [0.05, 0.1) is 38.4 Å². The van der Waals surface area contributed by atoms with E-state index < -0.39 is 28.3 Å². The highest BCUT2D eigenvalue weighted by Gasteiger charge is 2.23. The molecular weight excluding hydrogens is 582 g/mol. The number of halogens is 2. The third-order valence-electron chi connectivity index (χ3n) is 6.72. The van der Waals surface area contributed by atoms with E-state index in [1.165, 1.54) is 32.2 Å². The first-order valence-corrected chi connectivity index (χ1v) is 15.2. The fourth-order valence-electron chi connectivity index (χ4n) is 4.72. The quantitative estimate of drug-likeness (QED) is 0.267. The van der Waals surface area contributed by atoms with Crippen molar-refractivity contribution >= 4 is 44.2 Å². The molecule has 43 heavy (non-hydrogen) atoms. The summed E-state index contributed by atoms with van der Waals surface area (Å²) in [5.41, 5.74) is 1.38. The topological polar surface area (TPSA) is 136 Å². The Hall–Kier alpha value is -4.43. The number of sulfonamides is 1. The van der Waals surface area contributed by atoms with E-state index in [-0.39, 0.29) is 23.6 Å². The summed E-state index contributed by atoms with van der Waals surface area (Å²) in [4.78, 5) is 27.4. The summed E-state index contributed by atoms with van der Waals surface area (Å²) >= 11 is 0. The van der Waals surface area contributed by atoms with Crippen molar-refractivity contribution in [3.63, 3.8) is 0 Å². The molecule has 14 heteroatoms. The van der Waals surface area contributed by atoms with Gasteiger partial charge in [-0.05, 0) is 42.3 Å². The van der Waals surface area contributed by atoms with Crippen molar-refractivity contribution in [3.05, 3.63) is 54.5 Å². The molecule has 0 radical (unpaired) electrons. The van der Waals surface area contributed by atoms with Crippen LogP contribution in [-0.4, -0.2) is 75.1 Å². The van der Waals surface area contributed by atoms with Crippen molar-refractivity contribution in [2.75, 3.05) is 60.8 Å². The number of rotatable bonds is 10. The summed E-state index contributed by atoms with van der Waals surface area (Å²) in [6.07, 6.45) is 1.37. The lowest BCUT2D eigenvalue weighted by Crippen LogP contribution is -2.37. The van der Waals surface area contributed by atoms with E-state index in [2.05, 4.69) is 15.0 Å². The normalized spacial score (nSPS) is 13.6. The number of methoxy groups -OCH3 is 1. The Morgan fingerprint density at radius 1 is 1.12 bits per heavy atom. The number of nitrogens with zero attached hydrogens (tertiary/aromatic N) is 4. The molecule has 3 heterocycles. The summed E-state index contributed by atoms with van der Waals surface area (Å²) in [7, 11) is -2.47. The van der Waals surface area contributed by atoms with Crippen LogP contribution in [0.3, 0.4) is 0 Å². The van der Waals surface area contributed by atoms with Gasteiger partial charge in [-0.1, -0.05) is 12.1 Å². The maximum atomic E-state index is 15.8. The molecule has 0 spiro atoms. The smallest absolute Gasteiger partial charge is 0.232 e. The first-order chi connectivity index (χ1) is 20.7. The SMILES string of the molecule is COc1cc(-c2cccc(NS(=O)(=O)CCCF)c2F)cc2c(N3CCOCC3)nc(-c3ccc(NC(C)=O)nc3)nc12. The number of fused-ring (bicyclic) bond motifs is 1. The monoisotopic (exact) mass is 612 g/mol. The van der Waals surface area contributed by atoms with Crippen molar-refractivity contribution < 1.29 is 31.5 Å². The lowest BCUT2D eigenvalue weighted by atomic mass is 10.0. The van der Waals surface area contributed by atoms with E-state index in [9.17, 15) is 17.6 Å². The highest BCUT2D eigenvalue weighted by atomic mass is 32.2. The van der Waals surface area contributed by atoms with Crippen molar-refractivity contribution in [1.29, 1.82) is 0 Å². The van der Waals surface area contributed by atoms with Crippen molar-refractivity contribution in [2.45, 2.75) is 13.3 Å². The predicted octanol–water partition coefficient (Wildman–Crippen LogP) is 4.40. The van der Waals surface area contributed by atoms with Crippen LogP contribution in [0.25, 0.3) is 33.4 Å². The lowest BCUT2D eigenvalue weighted by Gasteiger charge is -2.29. The minimum atomic E-state index is -3.95. The van der Waals surface area contributed by atoms with Crippen LogP contribution in [0.2, 0.25) is 0 Å². The van der Waals surface area contributed by atoms with E-state index in [1.807, 2.05) is 4.90 Å². The fourth-order valence-corrected chi connectivity index (χ4v) is 5.80. The minimum Gasteiger partial charge on any atom is -0.494 e. The van der Waals surface area contributed by atoms with Gasteiger partial charge in [0.1, 0.15) is 22.9 Å². The van der Waals surface area contributed by atoms with Crippen molar-refractivity contribution in [2.24, 2.45) is 0 Å². The molecule has 1 aliphatic rings. The molecule has 0 saturated carbocycles. The molecule has 2 aromatic heterocycles. The van der Waals surface area contributed by atoms with Crippen molar-refractivity contribution in [1.82, 2.24) is 15.0 Å². The zero-order valence-corrected chi connectivity index (χ0v) is 24.4. The molecule has 226 valence electrons. The predicted molar refractivity (Wildman–Crippen MR) is 160 cm³/mol. The Kier molecular flexibility index (Phi) is 8.97. The number of carbonyl (C=O) groups excluding carboxylic acids is 1. The minimum absolute atomic E-state index is 0.126. The number of nitrogens with one attached hydrogen (secondary N) is 2. The Bertz CT molecular complexity index is 1750. The van der Waals surface area contributed by atoms with Gasteiger partial charge < -0.3 is 19.7 Å². The van der Waals surface area contributed by atoms with Crippen LogP contribution < -0.4 is 19.7 Å². The number of pyridine rings is 1. The molecule has 0 atom stereocenters. The Balaban J connectivity index is 1.64. The third kappa shape index (κ3) is 6.81. The van der Waals surface area contributed by atoms with Crippen molar-refractivity contribution in [3.8, 4) is 28.3 Å². The summed E-state index contributed by atoms with van der Waals surface area (Å²) in [6, 6.07) is 11.1. The standard InChI is InChI=1S/C29H30F2N6O5S/c1-18(38)33-25-8-7-19(17-32-25)28-34-27-22(29(35-28)37-10-12-42-13-11-37)15-20(16-24(27)41-2)21-5-3-6-23(26(21)31)36-43(39,40)14-4-9-30/h3,5-8,15-17,36H,4,9-14H2,1-2H3,(H,32,33,38). The first-order valence-electron chi connectivity index (χ1n) is 13.5. The average molecular weight is 613 g/mol. The number of benzene rings is 2. The molecule has 1 aliphatic heterocycles. The van der Waals surface area contributed by atoms with E-state index in [4.69, 9.17) is 19.4 Å². The number of anilines is 3. The maximum absolute atomic E-state index is 15.8. The molecule has 4 aromatic rings. The molecule has 0 bridgehead atoms. The first kappa shape index (κ1) is 30.0. The number of morpholine rings is 1. The molecule has 1 fully saturated rings. The number of amides is 1. The van der Waals surface area contributed by atoms with E-state index >= 15 is 4.39 Å². The molecule has 11 nitrogen and oxygen atoms in total. The van der Waals surface area contributed by atoms with Crippen LogP contribution in [0.1, 0.15) is 13.3 Å². The second-order valence-electron chi connectivity index (χ2n) is 9.79. The van der Waals surface area contributed by atoms with Crippen LogP contribution in [0.4, 0.5) is 26.1 Å². The highest BCUT2D eigenvalue weighted by Crippen LogP contribution is 2.39. The Labute approximate surface area is 247 Å². The number of alkyl halides is 1. The lowest BCUT2D eigenvalue weighted by molar-refractivity contribution is -0.114. The van der Waals surface area contributed by atoms with Crippen LogP contribution >= 0.6 is 0 Å². The van der Waals surface area contributed by atoms with Gasteiger partial charge in [0.2, 0.25) is 15.9 Å². The fraction of sp³-hybridized carbons (Fsp3) is 0.310. The van der Waals surface area contributed by atoms with Gasteiger partial charge in [0, 0.05) is 42.7 Å². The van der Waals surface area contributed by atoms with E-state index in [1.54, 1.807) is 30.5 Å². The zero-order valence-electron chi connectivity index (χ0n) is 23.6. The van der Waals surface area contributed by atoms with Gasteiger partial charge in [-0.25, -0.2) is 27.8 Å².